The maximum Gasteiger partial charge on any atom is 0.254 e. The molecule has 0 heterocycles. The zero-order valence-electron chi connectivity index (χ0n) is 12.8. The van der Waals surface area contributed by atoms with Gasteiger partial charge in [-0.15, -0.1) is 0 Å². The van der Waals surface area contributed by atoms with E-state index in [-0.39, 0.29) is 11.4 Å². The molecule has 0 fully saturated rings. The Hall–Kier alpha value is -1.35. The Morgan fingerprint density at radius 3 is 2.53 bits per heavy atom. The van der Waals surface area contributed by atoms with Crippen LogP contribution in [0.5, 0.6) is 0 Å². The summed E-state index contributed by atoms with van der Waals surface area (Å²) >= 11 is 0. The highest BCUT2D eigenvalue weighted by atomic mass is 16.2. The summed E-state index contributed by atoms with van der Waals surface area (Å²) in [5, 5.41) is 3.13. The highest BCUT2D eigenvalue weighted by Gasteiger charge is 2.27. The van der Waals surface area contributed by atoms with Crippen molar-refractivity contribution in [2.24, 2.45) is 0 Å². The van der Waals surface area contributed by atoms with Crippen LogP contribution in [-0.2, 0) is 6.42 Å². The second-order valence-corrected chi connectivity index (χ2v) is 5.54. The van der Waals surface area contributed by atoms with Crippen molar-refractivity contribution < 1.29 is 4.79 Å². The minimum atomic E-state index is -0.118. The normalized spacial score (nSPS) is 11.4. The Balaban J connectivity index is 2.99. The molecule has 0 radical (unpaired) electrons. The van der Waals surface area contributed by atoms with Crippen LogP contribution in [0, 0.1) is 0 Å². The maximum atomic E-state index is 12.6. The molecule has 0 saturated heterocycles. The quantitative estimate of drug-likeness (QED) is 0.855. The van der Waals surface area contributed by atoms with E-state index in [1.54, 1.807) is 0 Å². The van der Waals surface area contributed by atoms with Crippen molar-refractivity contribution in [1.29, 1.82) is 0 Å². The number of amides is 1. The average Bonchev–Trinajstić information content (AvgIpc) is 2.43. The fraction of sp³-hybridized carbons (Fsp3) is 0.562. The van der Waals surface area contributed by atoms with E-state index in [4.69, 9.17) is 0 Å². The first-order chi connectivity index (χ1) is 8.94. The molecule has 1 N–H and O–H groups in total. The first-order valence-electron chi connectivity index (χ1n) is 6.94. The molecule has 0 atom stereocenters. The van der Waals surface area contributed by atoms with Crippen LogP contribution in [0.3, 0.4) is 0 Å². The Kier molecular flexibility index (Phi) is 5.55. The standard InChI is InChI=1S/C16H26N2O/c1-6-16(2,3)18(5)15(19)14-10-8-7-9-13(14)11-12-17-4/h7-10,17H,6,11-12H2,1-5H3. The van der Waals surface area contributed by atoms with Crippen molar-refractivity contribution in [3.8, 4) is 0 Å². The lowest BCUT2D eigenvalue weighted by Crippen LogP contribution is -2.44. The zero-order valence-corrected chi connectivity index (χ0v) is 12.8. The van der Waals surface area contributed by atoms with Crippen molar-refractivity contribution in [3.63, 3.8) is 0 Å². The van der Waals surface area contributed by atoms with E-state index < -0.39 is 0 Å². The van der Waals surface area contributed by atoms with Gasteiger partial charge in [-0.2, -0.15) is 0 Å². The van der Waals surface area contributed by atoms with Crippen LogP contribution in [0.15, 0.2) is 24.3 Å². The van der Waals surface area contributed by atoms with Crippen LogP contribution in [0.1, 0.15) is 43.1 Å². The van der Waals surface area contributed by atoms with Gasteiger partial charge in [0.15, 0.2) is 0 Å². The van der Waals surface area contributed by atoms with Gasteiger partial charge < -0.3 is 10.2 Å². The smallest absolute Gasteiger partial charge is 0.254 e. The second-order valence-electron chi connectivity index (χ2n) is 5.54. The summed E-state index contributed by atoms with van der Waals surface area (Å²) in [6, 6.07) is 7.89. The van der Waals surface area contributed by atoms with E-state index in [0.717, 1.165) is 30.5 Å². The van der Waals surface area contributed by atoms with Crippen molar-refractivity contribution in [2.45, 2.75) is 39.2 Å². The average molecular weight is 262 g/mol. The molecule has 1 aromatic rings. The molecule has 3 nitrogen and oxygen atoms in total. The number of likely N-dealkylation sites (N-methyl/N-ethyl adjacent to an activating group) is 1. The Morgan fingerprint density at radius 2 is 1.95 bits per heavy atom. The van der Waals surface area contributed by atoms with E-state index in [2.05, 4.69) is 26.1 Å². The molecule has 1 rings (SSSR count). The summed E-state index contributed by atoms with van der Waals surface area (Å²) in [5.74, 6) is 0.110. The lowest BCUT2D eigenvalue weighted by atomic mass is 9.97. The first kappa shape index (κ1) is 15.7. The summed E-state index contributed by atoms with van der Waals surface area (Å²) < 4.78 is 0. The molecule has 19 heavy (non-hydrogen) atoms. The lowest BCUT2D eigenvalue weighted by Gasteiger charge is -2.35. The molecular weight excluding hydrogens is 236 g/mol. The number of hydrogen-bond donors (Lipinski definition) is 1. The van der Waals surface area contributed by atoms with Gasteiger partial charge >= 0.3 is 0 Å². The highest BCUT2D eigenvalue weighted by molar-refractivity contribution is 5.96. The lowest BCUT2D eigenvalue weighted by molar-refractivity contribution is 0.0619. The second kappa shape index (κ2) is 6.71. The van der Waals surface area contributed by atoms with E-state index >= 15 is 0 Å². The van der Waals surface area contributed by atoms with Gasteiger partial charge in [0.25, 0.3) is 5.91 Å². The largest absolute Gasteiger partial charge is 0.337 e. The minimum Gasteiger partial charge on any atom is -0.337 e. The predicted molar refractivity (Wildman–Crippen MR) is 80.5 cm³/mol. The number of carbonyl (C=O) groups is 1. The molecule has 0 aliphatic rings. The van der Waals surface area contributed by atoms with E-state index in [1.807, 2.05) is 43.3 Å². The van der Waals surface area contributed by atoms with Crippen LogP contribution in [0.25, 0.3) is 0 Å². The number of nitrogens with one attached hydrogen (secondary N) is 1. The van der Waals surface area contributed by atoms with Gasteiger partial charge in [-0.05, 0) is 51.9 Å². The van der Waals surface area contributed by atoms with Gasteiger partial charge in [0.05, 0.1) is 0 Å². The third kappa shape index (κ3) is 3.80. The highest BCUT2D eigenvalue weighted by Crippen LogP contribution is 2.21. The Bertz CT molecular complexity index is 427. The van der Waals surface area contributed by atoms with Crippen LogP contribution in [0.4, 0.5) is 0 Å². The summed E-state index contributed by atoms with van der Waals surface area (Å²) in [6.07, 6.45) is 1.81. The van der Waals surface area contributed by atoms with Crippen LogP contribution < -0.4 is 5.32 Å². The van der Waals surface area contributed by atoms with Crippen LogP contribution >= 0.6 is 0 Å². The van der Waals surface area contributed by atoms with Gasteiger partial charge in [-0.25, -0.2) is 0 Å². The molecule has 0 spiro atoms. The summed E-state index contributed by atoms with van der Waals surface area (Å²) in [6.45, 7) is 7.18. The molecule has 3 heteroatoms. The topological polar surface area (TPSA) is 32.3 Å². The van der Waals surface area contributed by atoms with Crippen molar-refractivity contribution in [1.82, 2.24) is 10.2 Å². The SMILES string of the molecule is CCC(C)(C)N(C)C(=O)c1ccccc1CCNC. The number of nitrogens with zero attached hydrogens (tertiary/aromatic N) is 1. The van der Waals surface area contributed by atoms with Gasteiger partial charge in [0.1, 0.15) is 0 Å². The molecule has 0 unspecified atom stereocenters. The fourth-order valence-corrected chi connectivity index (χ4v) is 1.90. The summed E-state index contributed by atoms with van der Waals surface area (Å²) in [4.78, 5) is 14.5. The van der Waals surface area contributed by atoms with E-state index in [1.165, 1.54) is 0 Å². The van der Waals surface area contributed by atoms with Crippen molar-refractivity contribution >= 4 is 5.91 Å². The van der Waals surface area contributed by atoms with Gasteiger partial charge in [0.2, 0.25) is 0 Å². The third-order valence-electron chi connectivity index (χ3n) is 3.97. The van der Waals surface area contributed by atoms with Gasteiger partial charge in [-0.1, -0.05) is 25.1 Å². The Morgan fingerprint density at radius 1 is 1.32 bits per heavy atom. The first-order valence-corrected chi connectivity index (χ1v) is 6.94. The molecule has 106 valence electrons. The summed E-state index contributed by atoms with van der Waals surface area (Å²) in [5.41, 5.74) is 1.81. The van der Waals surface area contributed by atoms with Crippen molar-refractivity contribution in [2.75, 3.05) is 20.6 Å². The molecule has 0 aliphatic carbocycles. The minimum absolute atomic E-state index is 0.110. The molecular formula is C16H26N2O. The maximum absolute atomic E-state index is 12.6. The van der Waals surface area contributed by atoms with Crippen LogP contribution in [0.2, 0.25) is 0 Å². The third-order valence-corrected chi connectivity index (χ3v) is 3.97. The fourth-order valence-electron chi connectivity index (χ4n) is 1.90. The van der Waals surface area contributed by atoms with Gasteiger partial charge in [-0.3, -0.25) is 4.79 Å². The zero-order chi connectivity index (χ0) is 14.5. The number of carbonyl (C=O) groups excluding carboxylic acids is 1. The van der Waals surface area contributed by atoms with Crippen molar-refractivity contribution in [3.05, 3.63) is 35.4 Å². The molecule has 0 aromatic heterocycles. The van der Waals surface area contributed by atoms with E-state index in [0.29, 0.717) is 0 Å². The molecule has 0 saturated carbocycles. The monoisotopic (exact) mass is 262 g/mol. The number of benzene rings is 1. The molecule has 1 amide bonds. The van der Waals surface area contributed by atoms with Crippen LogP contribution in [-0.4, -0.2) is 37.0 Å². The molecule has 0 aliphatic heterocycles. The number of rotatable bonds is 6. The molecule has 0 bridgehead atoms. The van der Waals surface area contributed by atoms with E-state index in [9.17, 15) is 4.79 Å². The number of hydrogen-bond acceptors (Lipinski definition) is 2. The summed E-state index contributed by atoms with van der Waals surface area (Å²) in [7, 11) is 3.82. The predicted octanol–water partition coefficient (Wildman–Crippen LogP) is 2.71. The van der Waals surface area contributed by atoms with Gasteiger partial charge in [0, 0.05) is 18.2 Å². The Labute approximate surface area is 117 Å². The molecule has 1 aromatic carbocycles.